The van der Waals surface area contributed by atoms with Gasteiger partial charge >= 0.3 is 0 Å². The third kappa shape index (κ3) is 1.30. The summed E-state index contributed by atoms with van der Waals surface area (Å²) in [6, 6.07) is 6.19. The van der Waals surface area contributed by atoms with Gasteiger partial charge in [0.25, 0.3) is 0 Å². The summed E-state index contributed by atoms with van der Waals surface area (Å²) in [7, 11) is 0. The van der Waals surface area contributed by atoms with Crippen LogP contribution in [0.2, 0.25) is 0 Å². The number of benzene rings is 1. The summed E-state index contributed by atoms with van der Waals surface area (Å²) < 4.78 is 2.19. The van der Waals surface area contributed by atoms with Gasteiger partial charge < -0.3 is 4.57 Å². The van der Waals surface area contributed by atoms with Crippen molar-refractivity contribution in [3.05, 3.63) is 35.5 Å². The molecule has 0 spiro atoms. The van der Waals surface area contributed by atoms with Gasteiger partial charge in [0.2, 0.25) is 0 Å². The highest BCUT2D eigenvalue weighted by atomic mass is 35.5. The molecule has 0 saturated heterocycles. The second-order valence-corrected chi connectivity index (χ2v) is 4.48. The third-order valence-electron chi connectivity index (χ3n) is 3.25. The molecule has 0 radical (unpaired) electrons. The summed E-state index contributed by atoms with van der Waals surface area (Å²) in [5.41, 5.74) is 3.34. The summed E-state index contributed by atoms with van der Waals surface area (Å²) in [5.74, 6) is 0.0769. The maximum atomic E-state index is 11.7. The lowest BCUT2D eigenvalue weighted by Gasteiger charge is -2.14. The fourth-order valence-corrected chi connectivity index (χ4v) is 2.69. The first-order chi connectivity index (χ1) is 7.81. The molecule has 82 valence electrons. The highest BCUT2D eigenvalue weighted by Gasteiger charge is 2.18. The van der Waals surface area contributed by atoms with Crippen molar-refractivity contribution < 1.29 is 4.79 Å². The lowest BCUT2D eigenvalue weighted by Crippen LogP contribution is -2.05. The van der Waals surface area contributed by atoms with Crippen molar-refractivity contribution in [1.82, 2.24) is 4.57 Å². The molecular weight excluding hydrogens is 222 g/mol. The van der Waals surface area contributed by atoms with Gasteiger partial charge in [0.05, 0.1) is 11.4 Å². The Morgan fingerprint density at radius 2 is 2.31 bits per heavy atom. The number of rotatable bonds is 2. The second-order valence-electron chi connectivity index (χ2n) is 4.21. The van der Waals surface area contributed by atoms with E-state index in [9.17, 15) is 4.79 Å². The molecule has 1 aliphatic heterocycles. The highest BCUT2D eigenvalue weighted by Crippen LogP contribution is 2.29. The summed E-state index contributed by atoms with van der Waals surface area (Å²) in [6.07, 6.45) is 4.21. The number of ketones is 1. The van der Waals surface area contributed by atoms with Crippen LogP contribution in [-0.4, -0.2) is 16.2 Å². The lowest BCUT2D eigenvalue weighted by molar-refractivity contribution is 0.102. The Morgan fingerprint density at radius 1 is 1.44 bits per heavy atom. The normalized spacial score (nSPS) is 14.3. The lowest BCUT2D eigenvalue weighted by atomic mass is 10.0. The van der Waals surface area contributed by atoms with Crippen LogP contribution in [0.15, 0.2) is 24.4 Å². The molecular formula is C13H12ClNO. The van der Waals surface area contributed by atoms with Crippen LogP contribution in [0, 0.1) is 0 Å². The molecule has 0 aliphatic carbocycles. The van der Waals surface area contributed by atoms with E-state index in [-0.39, 0.29) is 11.7 Å². The number of Topliss-reactive ketones (excluding diaryl/α,β-unsaturated/α-hetero) is 1. The van der Waals surface area contributed by atoms with E-state index in [1.165, 1.54) is 11.1 Å². The van der Waals surface area contributed by atoms with Gasteiger partial charge in [0, 0.05) is 23.7 Å². The molecule has 1 aliphatic rings. The van der Waals surface area contributed by atoms with E-state index in [0.717, 1.165) is 30.3 Å². The largest absolute Gasteiger partial charge is 0.346 e. The Labute approximate surface area is 98.8 Å². The zero-order valence-electron chi connectivity index (χ0n) is 8.87. The van der Waals surface area contributed by atoms with Crippen LogP contribution < -0.4 is 0 Å². The molecule has 2 nitrogen and oxygen atoms in total. The fourth-order valence-electron chi connectivity index (χ4n) is 2.55. The zero-order valence-corrected chi connectivity index (χ0v) is 9.63. The van der Waals surface area contributed by atoms with Gasteiger partial charge in [-0.1, -0.05) is 18.2 Å². The first kappa shape index (κ1) is 9.91. The number of aromatic nitrogens is 1. The first-order valence-electron chi connectivity index (χ1n) is 5.51. The molecule has 0 bridgehead atoms. The van der Waals surface area contributed by atoms with E-state index < -0.39 is 0 Å². The van der Waals surface area contributed by atoms with Crippen LogP contribution >= 0.6 is 11.6 Å². The van der Waals surface area contributed by atoms with Gasteiger partial charge in [-0.25, -0.2) is 0 Å². The van der Waals surface area contributed by atoms with E-state index in [0.29, 0.717) is 0 Å². The Bertz CT molecular complexity index is 571. The number of carbonyl (C=O) groups excluding carboxylic acids is 1. The minimum Gasteiger partial charge on any atom is -0.346 e. The summed E-state index contributed by atoms with van der Waals surface area (Å²) in [4.78, 5) is 11.7. The van der Waals surface area contributed by atoms with E-state index in [2.05, 4.69) is 10.6 Å². The summed E-state index contributed by atoms with van der Waals surface area (Å²) in [6.45, 7) is 1.00. The van der Waals surface area contributed by atoms with Gasteiger partial charge in [-0.05, 0) is 18.4 Å². The molecule has 1 aromatic heterocycles. The Kier molecular flexibility index (Phi) is 2.25. The molecule has 3 rings (SSSR count). The highest BCUT2D eigenvalue weighted by molar-refractivity contribution is 6.32. The van der Waals surface area contributed by atoms with Crippen molar-refractivity contribution in [2.24, 2.45) is 0 Å². The Hall–Kier alpha value is -1.28. The first-order valence-corrected chi connectivity index (χ1v) is 6.04. The van der Waals surface area contributed by atoms with Crippen LogP contribution in [0.4, 0.5) is 0 Å². The minimum atomic E-state index is 0.0180. The average molecular weight is 234 g/mol. The van der Waals surface area contributed by atoms with E-state index >= 15 is 0 Å². The number of nitrogens with zero attached hydrogens (tertiary/aromatic N) is 1. The molecule has 0 fully saturated rings. The van der Waals surface area contributed by atoms with Gasteiger partial charge in [0.15, 0.2) is 5.78 Å². The Balaban J connectivity index is 2.34. The number of aryl methyl sites for hydroxylation is 2. The van der Waals surface area contributed by atoms with Crippen LogP contribution in [0.3, 0.4) is 0 Å². The number of alkyl halides is 1. The molecule has 16 heavy (non-hydrogen) atoms. The average Bonchev–Trinajstić information content (AvgIpc) is 2.70. The topological polar surface area (TPSA) is 22.0 Å². The van der Waals surface area contributed by atoms with Crippen LogP contribution in [0.1, 0.15) is 22.3 Å². The monoisotopic (exact) mass is 233 g/mol. The molecule has 0 atom stereocenters. The minimum absolute atomic E-state index is 0.0180. The van der Waals surface area contributed by atoms with Crippen molar-refractivity contribution in [3.8, 4) is 0 Å². The van der Waals surface area contributed by atoms with E-state index in [1.54, 1.807) is 0 Å². The van der Waals surface area contributed by atoms with Crippen LogP contribution in [-0.2, 0) is 13.0 Å². The van der Waals surface area contributed by atoms with Crippen molar-refractivity contribution in [2.45, 2.75) is 19.4 Å². The predicted octanol–water partition coefficient (Wildman–Crippen LogP) is 3.01. The smallest absolute Gasteiger partial charge is 0.179 e. The molecule has 0 saturated carbocycles. The molecule has 0 amide bonds. The quantitative estimate of drug-likeness (QED) is 0.577. The molecule has 3 heteroatoms. The van der Waals surface area contributed by atoms with Crippen LogP contribution in [0.25, 0.3) is 10.9 Å². The van der Waals surface area contributed by atoms with Crippen molar-refractivity contribution >= 4 is 28.3 Å². The molecule has 0 N–H and O–H groups in total. The standard InChI is InChI=1S/C13H12ClNO/c14-7-12(16)11-8-15-6-2-4-9-3-1-5-10(11)13(9)15/h1,3,5,8H,2,4,6-7H2. The maximum absolute atomic E-state index is 11.7. The van der Waals surface area contributed by atoms with Crippen molar-refractivity contribution in [2.75, 3.05) is 5.88 Å². The number of halogens is 1. The summed E-state index contributed by atoms with van der Waals surface area (Å²) >= 11 is 5.64. The second kappa shape index (κ2) is 3.63. The maximum Gasteiger partial charge on any atom is 0.179 e. The predicted molar refractivity (Wildman–Crippen MR) is 65.3 cm³/mol. The molecule has 2 aromatic rings. The van der Waals surface area contributed by atoms with Crippen molar-refractivity contribution in [1.29, 1.82) is 0 Å². The fraction of sp³-hybridized carbons (Fsp3) is 0.308. The van der Waals surface area contributed by atoms with Gasteiger partial charge in [-0.15, -0.1) is 11.6 Å². The number of para-hydroxylation sites is 1. The SMILES string of the molecule is O=C(CCl)c1cn2c3c(cccc13)CCC2. The number of hydrogen-bond donors (Lipinski definition) is 0. The van der Waals surface area contributed by atoms with E-state index in [4.69, 9.17) is 11.6 Å². The zero-order chi connectivity index (χ0) is 11.1. The molecule has 2 heterocycles. The third-order valence-corrected chi connectivity index (χ3v) is 3.49. The summed E-state index contributed by atoms with van der Waals surface area (Å²) in [5, 5.41) is 1.06. The van der Waals surface area contributed by atoms with Crippen molar-refractivity contribution in [3.63, 3.8) is 0 Å². The van der Waals surface area contributed by atoms with Gasteiger partial charge in [0.1, 0.15) is 0 Å². The van der Waals surface area contributed by atoms with Crippen LogP contribution in [0.5, 0.6) is 0 Å². The number of hydrogen-bond acceptors (Lipinski definition) is 1. The number of carbonyl (C=O) groups is 1. The van der Waals surface area contributed by atoms with Gasteiger partial charge in [-0.3, -0.25) is 4.79 Å². The van der Waals surface area contributed by atoms with E-state index in [1.807, 2.05) is 18.3 Å². The Morgan fingerprint density at radius 3 is 3.12 bits per heavy atom. The molecule has 1 aromatic carbocycles. The van der Waals surface area contributed by atoms with Gasteiger partial charge in [-0.2, -0.15) is 0 Å². The molecule has 0 unspecified atom stereocenters.